The van der Waals surface area contributed by atoms with E-state index in [9.17, 15) is 4.79 Å². The highest BCUT2D eigenvalue weighted by Crippen LogP contribution is 2.15. The number of aromatic nitrogens is 4. The molecule has 0 bridgehead atoms. The molecule has 2 aromatic carbocycles. The lowest BCUT2D eigenvalue weighted by Gasteiger charge is -2.08. The van der Waals surface area contributed by atoms with Crippen LogP contribution in [0.4, 0.5) is 0 Å². The molecule has 0 saturated heterocycles. The molecule has 3 rings (SSSR count). The van der Waals surface area contributed by atoms with Crippen molar-refractivity contribution in [3.8, 4) is 17.2 Å². The molecule has 0 saturated carbocycles. The minimum atomic E-state index is -0.255. The molecule has 1 heterocycles. The molecular formula is C18H19N5O3. The Labute approximate surface area is 150 Å². The molecule has 0 spiro atoms. The summed E-state index contributed by atoms with van der Waals surface area (Å²) in [6.07, 6.45) is 0. The van der Waals surface area contributed by atoms with Gasteiger partial charge >= 0.3 is 0 Å². The van der Waals surface area contributed by atoms with E-state index < -0.39 is 0 Å². The van der Waals surface area contributed by atoms with Crippen molar-refractivity contribution in [2.75, 3.05) is 13.7 Å². The third-order valence-corrected chi connectivity index (χ3v) is 3.69. The SMILES string of the molecule is COc1ccc(-n2nnnc2CNC(=O)COc2ccc(C)cc2)cc1. The molecular weight excluding hydrogens is 334 g/mol. The van der Waals surface area contributed by atoms with Gasteiger partial charge in [-0.25, -0.2) is 0 Å². The average molecular weight is 353 g/mol. The van der Waals surface area contributed by atoms with E-state index in [1.807, 2.05) is 55.5 Å². The molecule has 134 valence electrons. The molecule has 1 amide bonds. The summed E-state index contributed by atoms with van der Waals surface area (Å²) in [5.74, 6) is 1.65. The fourth-order valence-electron chi connectivity index (χ4n) is 2.25. The molecule has 8 heteroatoms. The molecule has 3 aromatic rings. The third-order valence-electron chi connectivity index (χ3n) is 3.69. The van der Waals surface area contributed by atoms with Crippen molar-refractivity contribution in [2.45, 2.75) is 13.5 Å². The zero-order chi connectivity index (χ0) is 18.4. The zero-order valence-corrected chi connectivity index (χ0v) is 14.5. The van der Waals surface area contributed by atoms with Gasteiger partial charge in [0.2, 0.25) is 0 Å². The summed E-state index contributed by atoms with van der Waals surface area (Å²) in [5.41, 5.74) is 1.91. The van der Waals surface area contributed by atoms with E-state index in [1.54, 1.807) is 11.8 Å². The topological polar surface area (TPSA) is 91.2 Å². The molecule has 26 heavy (non-hydrogen) atoms. The predicted octanol–water partition coefficient (Wildman–Crippen LogP) is 1.67. The van der Waals surface area contributed by atoms with Crippen LogP contribution in [-0.4, -0.2) is 39.8 Å². The van der Waals surface area contributed by atoms with E-state index in [-0.39, 0.29) is 19.1 Å². The number of carbonyl (C=O) groups excluding carboxylic acids is 1. The number of nitrogens with zero attached hydrogens (tertiary/aromatic N) is 4. The fourth-order valence-corrected chi connectivity index (χ4v) is 2.25. The van der Waals surface area contributed by atoms with Crippen molar-refractivity contribution >= 4 is 5.91 Å². The van der Waals surface area contributed by atoms with Crippen LogP contribution in [0.25, 0.3) is 5.69 Å². The molecule has 0 atom stereocenters. The zero-order valence-electron chi connectivity index (χ0n) is 14.5. The molecule has 0 aliphatic rings. The van der Waals surface area contributed by atoms with Gasteiger partial charge in [0, 0.05) is 0 Å². The summed E-state index contributed by atoms with van der Waals surface area (Å²) in [5, 5.41) is 14.3. The minimum Gasteiger partial charge on any atom is -0.497 e. The monoisotopic (exact) mass is 353 g/mol. The fraction of sp³-hybridized carbons (Fsp3) is 0.222. The number of rotatable bonds is 7. The second kappa shape index (κ2) is 8.11. The predicted molar refractivity (Wildman–Crippen MR) is 94.2 cm³/mol. The van der Waals surface area contributed by atoms with Crippen LogP contribution in [0.1, 0.15) is 11.4 Å². The molecule has 8 nitrogen and oxygen atoms in total. The Morgan fingerprint density at radius 1 is 1.08 bits per heavy atom. The molecule has 1 aromatic heterocycles. The van der Waals surface area contributed by atoms with Crippen molar-refractivity contribution in [3.63, 3.8) is 0 Å². The van der Waals surface area contributed by atoms with Gasteiger partial charge in [0.05, 0.1) is 19.3 Å². The number of ether oxygens (including phenoxy) is 2. The normalized spacial score (nSPS) is 10.4. The maximum atomic E-state index is 12.0. The van der Waals surface area contributed by atoms with Crippen molar-refractivity contribution in [2.24, 2.45) is 0 Å². The number of carbonyl (C=O) groups is 1. The summed E-state index contributed by atoms with van der Waals surface area (Å²) < 4.78 is 12.1. The number of hydrogen-bond acceptors (Lipinski definition) is 6. The molecule has 0 unspecified atom stereocenters. The highest BCUT2D eigenvalue weighted by atomic mass is 16.5. The summed E-state index contributed by atoms with van der Waals surface area (Å²) >= 11 is 0. The maximum Gasteiger partial charge on any atom is 0.258 e. The van der Waals surface area contributed by atoms with Crippen molar-refractivity contribution in [1.29, 1.82) is 0 Å². The number of nitrogens with one attached hydrogen (secondary N) is 1. The number of hydrogen-bond donors (Lipinski definition) is 1. The average Bonchev–Trinajstić information content (AvgIpc) is 3.14. The van der Waals surface area contributed by atoms with Crippen molar-refractivity contribution in [1.82, 2.24) is 25.5 Å². The van der Waals surface area contributed by atoms with Crippen LogP contribution < -0.4 is 14.8 Å². The lowest BCUT2D eigenvalue weighted by molar-refractivity contribution is -0.123. The Balaban J connectivity index is 1.55. The van der Waals surface area contributed by atoms with Gasteiger partial charge in [0.15, 0.2) is 12.4 Å². The quantitative estimate of drug-likeness (QED) is 0.695. The maximum absolute atomic E-state index is 12.0. The Hall–Kier alpha value is -3.42. The van der Waals surface area contributed by atoms with Crippen molar-refractivity contribution < 1.29 is 14.3 Å². The van der Waals surface area contributed by atoms with Crippen molar-refractivity contribution in [3.05, 3.63) is 59.9 Å². The van der Waals surface area contributed by atoms with Crippen LogP contribution in [0.5, 0.6) is 11.5 Å². The first-order valence-electron chi connectivity index (χ1n) is 8.03. The first-order valence-corrected chi connectivity index (χ1v) is 8.03. The molecule has 1 N–H and O–H groups in total. The van der Waals surface area contributed by atoms with E-state index in [2.05, 4.69) is 20.8 Å². The minimum absolute atomic E-state index is 0.0762. The lowest BCUT2D eigenvalue weighted by atomic mass is 10.2. The smallest absolute Gasteiger partial charge is 0.258 e. The largest absolute Gasteiger partial charge is 0.497 e. The number of amides is 1. The van der Waals surface area contributed by atoms with Gasteiger partial charge in [-0.3, -0.25) is 4.79 Å². The third kappa shape index (κ3) is 4.35. The first-order chi connectivity index (χ1) is 12.7. The van der Waals surface area contributed by atoms with Gasteiger partial charge in [0.1, 0.15) is 11.5 Å². The number of benzene rings is 2. The van der Waals surface area contributed by atoms with Gasteiger partial charge in [0.25, 0.3) is 5.91 Å². The van der Waals surface area contributed by atoms with Crippen LogP contribution in [0.15, 0.2) is 48.5 Å². The lowest BCUT2D eigenvalue weighted by Crippen LogP contribution is -2.29. The first kappa shape index (κ1) is 17.4. The van der Waals surface area contributed by atoms with Crippen LogP contribution in [0, 0.1) is 6.92 Å². The Morgan fingerprint density at radius 3 is 2.46 bits per heavy atom. The van der Waals surface area contributed by atoms with Gasteiger partial charge in [-0.15, -0.1) is 5.10 Å². The van der Waals surface area contributed by atoms with Gasteiger partial charge < -0.3 is 14.8 Å². The number of tetrazole rings is 1. The van der Waals surface area contributed by atoms with E-state index in [0.717, 1.165) is 17.0 Å². The van der Waals surface area contributed by atoms with Crippen LogP contribution in [-0.2, 0) is 11.3 Å². The second-order valence-electron chi connectivity index (χ2n) is 5.58. The molecule has 0 fully saturated rings. The van der Waals surface area contributed by atoms with E-state index in [1.165, 1.54) is 0 Å². The highest BCUT2D eigenvalue weighted by Gasteiger charge is 2.10. The number of aryl methyl sites for hydroxylation is 1. The standard InChI is InChI=1S/C18H19N5O3/c1-13-3-7-16(8-4-13)26-12-18(24)19-11-17-20-21-22-23(17)14-5-9-15(25-2)10-6-14/h3-10H,11-12H2,1-2H3,(H,19,24). The second-order valence-corrected chi connectivity index (χ2v) is 5.58. The molecule has 0 aliphatic heterocycles. The Kier molecular flexibility index (Phi) is 5.43. The van der Waals surface area contributed by atoms with Gasteiger partial charge in [-0.05, 0) is 53.7 Å². The van der Waals surface area contributed by atoms with Gasteiger partial charge in [-0.2, -0.15) is 4.68 Å². The van der Waals surface area contributed by atoms with E-state index >= 15 is 0 Å². The van der Waals surface area contributed by atoms with Crippen LogP contribution in [0.2, 0.25) is 0 Å². The highest BCUT2D eigenvalue weighted by molar-refractivity contribution is 5.77. The van der Waals surface area contributed by atoms with E-state index in [0.29, 0.717) is 11.6 Å². The van der Waals surface area contributed by atoms with E-state index in [4.69, 9.17) is 9.47 Å². The molecule has 0 radical (unpaired) electrons. The van der Waals surface area contributed by atoms with Crippen LogP contribution >= 0.6 is 0 Å². The summed E-state index contributed by atoms with van der Waals surface area (Å²) in [7, 11) is 1.60. The summed E-state index contributed by atoms with van der Waals surface area (Å²) in [6, 6.07) is 14.8. The summed E-state index contributed by atoms with van der Waals surface area (Å²) in [6.45, 7) is 2.10. The summed E-state index contributed by atoms with van der Waals surface area (Å²) in [4.78, 5) is 12.0. The number of methoxy groups -OCH3 is 1. The van der Waals surface area contributed by atoms with Gasteiger partial charge in [-0.1, -0.05) is 17.7 Å². The molecule has 0 aliphatic carbocycles. The van der Waals surface area contributed by atoms with Crippen LogP contribution in [0.3, 0.4) is 0 Å². The Bertz CT molecular complexity index is 859. The Morgan fingerprint density at radius 2 is 1.77 bits per heavy atom.